The Kier molecular flexibility index (Phi) is 11.3. The molecular weight excluding hydrogens is 419 g/mol. The maximum Gasteiger partial charge on any atom is 0.490 e. The molecule has 0 aromatic rings. The number of hydrogen-bond donors (Lipinski definition) is 6. The Morgan fingerprint density at radius 1 is 1.37 bits per heavy atom. The summed E-state index contributed by atoms with van der Waals surface area (Å²) in [4.78, 5) is 46.2. The van der Waals surface area contributed by atoms with Crippen LogP contribution in [-0.4, -0.2) is 71.7 Å². The number of nitrogens with zero attached hydrogens (tertiary/aromatic N) is 2. The number of aliphatic imine (C=N–C) groups is 1. The van der Waals surface area contributed by atoms with Gasteiger partial charge in [-0.2, -0.15) is 13.2 Å². The number of hydrazine groups is 1. The van der Waals surface area contributed by atoms with Crippen molar-refractivity contribution in [1.82, 2.24) is 16.1 Å². The van der Waals surface area contributed by atoms with Gasteiger partial charge in [0.2, 0.25) is 5.91 Å². The molecule has 0 aromatic heterocycles. The lowest BCUT2D eigenvalue weighted by Gasteiger charge is -2.20. The van der Waals surface area contributed by atoms with Crippen molar-refractivity contribution in [2.24, 2.45) is 22.4 Å². The number of alkyl halides is 3. The number of rotatable bonds is 8. The van der Waals surface area contributed by atoms with E-state index in [0.29, 0.717) is 25.9 Å². The number of aliphatic carboxylic acids is 1. The van der Waals surface area contributed by atoms with Crippen molar-refractivity contribution >= 4 is 23.6 Å². The molecule has 1 amide bonds. The van der Waals surface area contributed by atoms with Crippen LogP contribution in [0.3, 0.4) is 0 Å². The van der Waals surface area contributed by atoms with Gasteiger partial charge in [-0.05, 0) is 19.8 Å². The summed E-state index contributed by atoms with van der Waals surface area (Å²) < 4.78 is 31.7. The third kappa shape index (κ3) is 11.1. The predicted octanol–water partition coefficient (Wildman–Crippen LogP) is -1.88. The van der Waals surface area contributed by atoms with Crippen LogP contribution in [0.2, 0.25) is 0 Å². The van der Waals surface area contributed by atoms with Gasteiger partial charge in [0.1, 0.15) is 5.78 Å². The van der Waals surface area contributed by atoms with Crippen LogP contribution in [0.5, 0.6) is 0 Å². The third-order valence-electron chi connectivity index (χ3n) is 3.80. The Hall–Kier alpha value is -3.01. The molecule has 172 valence electrons. The fourth-order valence-corrected chi connectivity index (χ4v) is 2.32. The molecule has 1 aliphatic rings. The molecule has 0 aromatic carbocycles. The van der Waals surface area contributed by atoms with E-state index in [1.807, 2.05) is 0 Å². The number of ketones is 1. The van der Waals surface area contributed by atoms with Gasteiger partial charge in [0.15, 0.2) is 5.03 Å². The highest BCUT2D eigenvalue weighted by Crippen LogP contribution is 2.13. The number of carbonyl (C=O) groups excluding carboxylic acids is 2. The van der Waals surface area contributed by atoms with E-state index in [-0.39, 0.29) is 36.2 Å². The van der Waals surface area contributed by atoms with Crippen molar-refractivity contribution in [1.29, 1.82) is 0 Å². The lowest BCUT2D eigenvalue weighted by atomic mass is 9.99. The largest absolute Gasteiger partial charge is 0.490 e. The second-order valence-electron chi connectivity index (χ2n) is 6.18. The Labute approximate surface area is 168 Å². The number of nitrogens with two attached hydrogens (primary N) is 2. The minimum atomic E-state index is -5.08. The number of Topliss-reactive ketones (excluding diaryl/α,β-unsaturated/α-hetero) is 1. The van der Waals surface area contributed by atoms with E-state index in [1.165, 1.54) is 6.92 Å². The van der Waals surface area contributed by atoms with Crippen molar-refractivity contribution in [2.75, 3.05) is 19.6 Å². The van der Waals surface area contributed by atoms with Gasteiger partial charge in [-0.3, -0.25) is 9.59 Å². The van der Waals surface area contributed by atoms with E-state index in [2.05, 4.69) is 15.6 Å². The predicted molar refractivity (Wildman–Crippen MR) is 96.5 cm³/mol. The van der Waals surface area contributed by atoms with E-state index >= 15 is 0 Å². The van der Waals surface area contributed by atoms with Gasteiger partial charge < -0.3 is 27.2 Å². The van der Waals surface area contributed by atoms with Crippen LogP contribution in [0.15, 0.2) is 4.99 Å². The minimum Gasteiger partial charge on any atom is -0.475 e. The first-order valence-electron chi connectivity index (χ1n) is 8.53. The first-order chi connectivity index (χ1) is 13.8. The smallest absolute Gasteiger partial charge is 0.475 e. The van der Waals surface area contributed by atoms with Crippen LogP contribution in [-0.2, 0) is 14.4 Å². The molecule has 0 spiro atoms. The minimum absolute atomic E-state index is 0.0250. The van der Waals surface area contributed by atoms with Crippen molar-refractivity contribution in [2.45, 2.75) is 38.0 Å². The second kappa shape index (κ2) is 12.5. The summed E-state index contributed by atoms with van der Waals surface area (Å²) in [6, 6.07) is -0.980. The van der Waals surface area contributed by atoms with Gasteiger partial charge >= 0.3 is 12.1 Å². The molecule has 0 aliphatic carbocycles. The standard InChI is InChI=1S/C12H23N7O4.C2HF3O2/c1-7(20)8-5-15-6-10(8)17-11(21)9(13)3-2-4-16-12(14)18-19(22)23;3-2(4,5)1(6)7/h8-10,15H,2-6,13H2,1H3,(H,17,21)(H3,14,16,18);(H,6,7)/t8-,9+,10+;/m1./s1. The number of nitrogens with one attached hydrogen (secondary N) is 3. The quantitative estimate of drug-likeness (QED) is 0.0806. The monoisotopic (exact) mass is 443 g/mol. The molecule has 0 bridgehead atoms. The van der Waals surface area contributed by atoms with E-state index in [9.17, 15) is 32.9 Å². The fraction of sp³-hybridized carbons (Fsp3) is 0.714. The zero-order valence-electron chi connectivity index (χ0n) is 15.9. The summed E-state index contributed by atoms with van der Waals surface area (Å²) in [7, 11) is 0. The van der Waals surface area contributed by atoms with Crippen molar-refractivity contribution in [3.8, 4) is 0 Å². The van der Waals surface area contributed by atoms with Crippen molar-refractivity contribution in [3.05, 3.63) is 10.1 Å². The van der Waals surface area contributed by atoms with E-state index < -0.39 is 23.2 Å². The van der Waals surface area contributed by atoms with Crippen LogP contribution in [0.1, 0.15) is 19.8 Å². The number of carbonyl (C=O) groups is 3. The number of carboxylic acid groups (broad SMARTS) is 1. The van der Waals surface area contributed by atoms with Gasteiger partial charge in [0.25, 0.3) is 5.96 Å². The Balaban J connectivity index is 0.00000103. The van der Waals surface area contributed by atoms with Gasteiger partial charge in [0, 0.05) is 19.6 Å². The number of guanidine groups is 1. The average molecular weight is 443 g/mol. The molecule has 1 aliphatic heterocycles. The highest BCUT2D eigenvalue weighted by Gasteiger charge is 2.38. The van der Waals surface area contributed by atoms with Gasteiger partial charge in [0.05, 0.1) is 18.0 Å². The molecule has 1 rings (SSSR count). The normalized spacial score (nSPS) is 19.8. The van der Waals surface area contributed by atoms with Crippen LogP contribution >= 0.6 is 0 Å². The maximum atomic E-state index is 12.0. The molecule has 30 heavy (non-hydrogen) atoms. The number of nitro groups is 1. The number of amides is 1. The van der Waals surface area contributed by atoms with Crippen LogP contribution in [0.4, 0.5) is 13.2 Å². The van der Waals surface area contributed by atoms with Crippen molar-refractivity contribution in [3.63, 3.8) is 0 Å². The summed E-state index contributed by atoms with van der Waals surface area (Å²) in [6.45, 7) is 2.80. The van der Waals surface area contributed by atoms with Crippen LogP contribution in [0, 0.1) is 16.0 Å². The van der Waals surface area contributed by atoms with Gasteiger partial charge in [-0.15, -0.1) is 0 Å². The maximum absolute atomic E-state index is 12.0. The number of carboxylic acids is 1. The Bertz CT molecular complexity index is 658. The zero-order valence-corrected chi connectivity index (χ0v) is 15.9. The summed E-state index contributed by atoms with van der Waals surface area (Å²) in [5, 5.41) is 22.3. The molecule has 8 N–H and O–H groups in total. The summed E-state index contributed by atoms with van der Waals surface area (Å²) >= 11 is 0. The lowest BCUT2D eigenvalue weighted by molar-refractivity contribution is -0.525. The fourth-order valence-electron chi connectivity index (χ4n) is 2.32. The highest BCUT2D eigenvalue weighted by atomic mass is 19.4. The van der Waals surface area contributed by atoms with Crippen LogP contribution < -0.4 is 27.5 Å². The second-order valence-corrected chi connectivity index (χ2v) is 6.18. The number of hydrogen-bond acceptors (Lipinski definition) is 8. The Morgan fingerprint density at radius 3 is 2.40 bits per heavy atom. The van der Waals surface area contributed by atoms with Crippen LogP contribution in [0.25, 0.3) is 0 Å². The SMILES string of the molecule is CC(=O)[C@H]1CNC[C@@H]1NC(=O)[C@@H](N)CCCN=C(N)N[N+](=O)[O-].O=C(O)C(F)(F)F. The molecule has 13 nitrogen and oxygen atoms in total. The topological polar surface area (TPSA) is 215 Å². The summed E-state index contributed by atoms with van der Waals surface area (Å²) in [6.07, 6.45) is -4.28. The molecule has 0 unspecified atom stereocenters. The number of halogens is 3. The Morgan fingerprint density at radius 2 is 1.93 bits per heavy atom. The average Bonchev–Trinajstić information content (AvgIpc) is 3.06. The molecule has 0 saturated carbocycles. The molecule has 1 heterocycles. The first-order valence-corrected chi connectivity index (χ1v) is 8.53. The van der Waals surface area contributed by atoms with Crippen molar-refractivity contribution < 1.29 is 37.7 Å². The molecule has 1 saturated heterocycles. The summed E-state index contributed by atoms with van der Waals surface area (Å²) in [5.74, 6) is -3.59. The first kappa shape index (κ1) is 27.0. The zero-order chi connectivity index (χ0) is 23.5. The lowest BCUT2D eigenvalue weighted by Crippen LogP contribution is -2.49. The molecule has 1 fully saturated rings. The van der Waals surface area contributed by atoms with Gasteiger partial charge in [-0.25, -0.2) is 19.9 Å². The molecular formula is C14H24F3N7O6. The molecule has 0 radical (unpaired) electrons. The molecule has 3 atom stereocenters. The highest BCUT2D eigenvalue weighted by molar-refractivity contribution is 5.84. The van der Waals surface area contributed by atoms with E-state index in [1.54, 1.807) is 5.43 Å². The van der Waals surface area contributed by atoms with E-state index in [4.69, 9.17) is 21.4 Å². The molecule has 16 heteroatoms. The third-order valence-corrected chi connectivity index (χ3v) is 3.80. The van der Waals surface area contributed by atoms with E-state index in [0.717, 1.165) is 0 Å². The van der Waals surface area contributed by atoms with Gasteiger partial charge in [-0.1, -0.05) is 5.43 Å². The summed E-state index contributed by atoms with van der Waals surface area (Å²) in [5.41, 5.74) is 12.8.